The molecule has 0 rings (SSSR count). The summed E-state index contributed by atoms with van der Waals surface area (Å²) in [5.41, 5.74) is 3.21. The first-order valence-electron chi connectivity index (χ1n) is 4.82. The average molecular weight is 210 g/mol. The van der Waals surface area contributed by atoms with E-state index in [2.05, 4.69) is 41.5 Å². The molecule has 0 saturated heterocycles. The van der Waals surface area contributed by atoms with Gasteiger partial charge < -0.3 is 0 Å². The Morgan fingerprint density at radius 3 is 1.08 bits per heavy atom. The quantitative estimate of drug-likeness (QED) is 0.475. The molecule has 0 aromatic rings. The maximum Gasteiger partial charge on any atom is 0.133 e. The number of rotatable bonds is 4. The van der Waals surface area contributed by atoms with Gasteiger partial charge in [0.15, 0.2) is 0 Å². The van der Waals surface area contributed by atoms with Crippen LogP contribution in [0.4, 0.5) is 0 Å². The molecule has 0 aliphatic carbocycles. The molecule has 0 unspecified atom stereocenters. The van der Waals surface area contributed by atoms with Gasteiger partial charge in [-0.1, -0.05) is 11.6 Å². The first kappa shape index (κ1) is 12.7. The Bertz CT molecular complexity index is 108. The highest BCUT2D eigenvalue weighted by Crippen LogP contribution is 2.70. The second kappa shape index (κ2) is 4.82. The van der Waals surface area contributed by atoms with Crippen molar-refractivity contribution in [1.82, 2.24) is 0 Å². The minimum Gasteiger partial charge on any atom is -0.0821 e. The smallest absolute Gasteiger partial charge is 0.0821 e. The Balaban J connectivity index is 4.77. The van der Waals surface area contributed by atoms with Crippen molar-refractivity contribution in [2.75, 3.05) is 5.62 Å². The fourth-order valence-corrected chi connectivity index (χ4v) is 9.09. The number of hydrogen-bond donors (Lipinski definition) is 0. The zero-order valence-corrected chi connectivity index (χ0v) is 10.9. The van der Waals surface area contributed by atoms with E-state index in [-0.39, 0.29) is 0 Å². The van der Waals surface area contributed by atoms with Crippen LogP contribution in [0.25, 0.3) is 0 Å². The summed E-state index contributed by atoms with van der Waals surface area (Å²) in [6.07, 6.45) is 0. The Kier molecular flexibility index (Phi) is 5.11. The van der Waals surface area contributed by atoms with Crippen LogP contribution in [-0.2, 0) is 0 Å². The van der Waals surface area contributed by atoms with E-state index in [1.54, 1.807) is 0 Å². The molecule has 0 amide bonds. The van der Waals surface area contributed by atoms with Crippen LogP contribution in [0.3, 0.4) is 0 Å². The van der Waals surface area contributed by atoms with Gasteiger partial charge in [-0.05, 0) is 41.5 Å². The van der Waals surface area contributed by atoms with Crippen LogP contribution in [0.15, 0.2) is 0 Å². The molecule has 12 heavy (non-hydrogen) atoms. The summed E-state index contributed by atoms with van der Waals surface area (Å²) >= 11 is 6.16. The Labute approximate surface area is 83.4 Å². The summed E-state index contributed by atoms with van der Waals surface area (Å²) < 4.78 is 0. The largest absolute Gasteiger partial charge is 0.133 e. The molecule has 74 valence electrons. The molecular weight excluding hydrogens is 187 g/mol. The third kappa shape index (κ3) is 2.15. The van der Waals surface area contributed by atoms with E-state index in [0.29, 0.717) is 0 Å². The van der Waals surface area contributed by atoms with Gasteiger partial charge in [0.2, 0.25) is 0 Å². The second-order valence-corrected chi connectivity index (χ2v) is 10.4. The van der Waals surface area contributed by atoms with E-state index < -0.39 is 7.26 Å². The van der Waals surface area contributed by atoms with Gasteiger partial charge >= 0.3 is 0 Å². The monoisotopic (exact) mass is 209 g/mol. The van der Waals surface area contributed by atoms with E-state index in [1.807, 2.05) is 0 Å². The molecule has 0 bridgehead atoms. The van der Waals surface area contributed by atoms with Gasteiger partial charge in [0.25, 0.3) is 0 Å². The van der Waals surface area contributed by atoms with Crippen molar-refractivity contribution in [3.8, 4) is 0 Å². The first-order valence-corrected chi connectivity index (χ1v) is 7.54. The molecule has 0 aliphatic heterocycles. The summed E-state index contributed by atoms with van der Waals surface area (Å²) in [4.78, 5) is 0. The lowest BCUT2D eigenvalue weighted by Gasteiger charge is -2.36. The van der Waals surface area contributed by atoms with E-state index in [1.165, 1.54) is 0 Å². The molecule has 0 aromatic carbocycles. The van der Waals surface area contributed by atoms with Crippen molar-refractivity contribution in [1.29, 1.82) is 0 Å². The highest BCUT2D eigenvalue weighted by Gasteiger charge is 2.46. The van der Waals surface area contributed by atoms with Crippen molar-refractivity contribution in [3.63, 3.8) is 0 Å². The van der Waals surface area contributed by atoms with Crippen molar-refractivity contribution in [3.05, 3.63) is 0 Å². The third-order valence-electron chi connectivity index (χ3n) is 3.09. The van der Waals surface area contributed by atoms with Crippen molar-refractivity contribution < 1.29 is 0 Å². The van der Waals surface area contributed by atoms with Crippen LogP contribution < -0.4 is 0 Å². The van der Waals surface area contributed by atoms with Crippen molar-refractivity contribution in [2.45, 2.75) is 58.5 Å². The molecule has 0 N–H and O–H groups in total. The highest BCUT2D eigenvalue weighted by molar-refractivity contribution is 7.79. The average Bonchev–Trinajstić information content (AvgIpc) is 1.86. The molecule has 0 nitrogen and oxygen atoms in total. The lowest BCUT2D eigenvalue weighted by atomic mass is 10.5. The van der Waals surface area contributed by atoms with Crippen molar-refractivity contribution >= 4 is 18.9 Å². The lowest BCUT2D eigenvalue weighted by molar-refractivity contribution is 0.916. The van der Waals surface area contributed by atoms with Gasteiger partial charge in [-0.3, -0.25) is 0 Å². The van der Waals surface area contributed by atoms with E-state index in [0.717, 1.165) is 22.6 Å². The molecule has 0 aromatic heterocycles. The highest BCUT2D eigenvalue weighted by atomic mass is 35.5. The Hall–Kier alpha value is 0.720. The second-order valence-electron chi connectivity index (χ2n) is 4.40. The molecular formula is C10H23ClP+. The van der Waals surface area contributed by atoms with Crippen LogP contribution in [0, 0.1) is 0 Å². The number of halogens is 1. The van der Waals surface area contributed by atoms with Gasteiger partial charge in [0, 0.05) is 7.26 Å². The van der Waals surface area contributed by atoms with Gasteiger partial charge in [-0.2, -0.15) is 0 Å². The topological polar surface area (TPSA) is 0 Å². The molecule has 0 spiro atoms. The van der Waals surface area contributed by atoms with E-state index in [9.17, 15) is 0 Å². The van der Waals surface area contributed by atoms with Crippen LogP contribution in [-0.4, -0.2) is 22.6 Å². The summed E-state index contributed by atoms with van der Waals surface area (Å²) in [5, 5.41) is 0. The molecule has 0 heterocycles. The van der Waals surface area contributed by atoms with Gasteiger partial charge in [0.05, 0.1) is 17.0 Å². The summed E-state index contributed by atoms with van der Waals surface area (Å²) in [6, 6.07) is 0. The maximum atomic E-state index is 6.16. The van der Waals surface area contributed by atoms with Gasteiger partial charge in [-0.15, -0.1) is 0 Å². The van der Waals surface area contributed by atoms with E-state index >= 15 is 0 Å². The zero-order chi connectivity index (χ0) is 9.94. The predicted octanol–water partition coefficient (Wildman–Crippen LogP) is 4.43. The van der Waals surface area contributed by atoms with Crippen LogP contribution in [0.2, 0.25) is 0 Å². The molecule has 0 saturated carbocycles. The maximum absolute atomic E-state index is 6.16. The SMILES string of the molecule is CC(C)[P+](CCl)(C(C)C)C(C)C. The minimum absolute atomic E-state index is 0.773. The van der Waals surface area contributed by atoms with Crippen LogP contribution in [0.1, 0.15) is 41.5 Å². The molecule has 0 atom stereocenters. The summed E-state index contributed by atoms with van der Waals surface area (Å²) in [6.45, 7) is 14.0. The zero-order valence-electron chi connectivity index (χ0n) is 9.26. The fourth-order valence-electron chi connectivity index (χ4n) is 2.20. The minimum atomic E-state index is -0.927. The predicted molar refractivity (Wildman–Crippen MR) is 63.0 cm³/mol. The summed E-state index contributed by atoms with van der Waals surface area (Å²) in [7, 11) is -0.927. The Morgan fingerprint density at radius 1 is 0.833 bits per heavy atom. The standard InChI is InChI=1S/C10H23ClP/c1-8(2)12(7-11,9(3)4)10(5)6/h8-10H,7H2,1-6H3/q+1. The Morgan fingerprint density at radius 2 is 1.08 bits per heavy atom. The van der Waals surface area contributed by atoms with E-state index in [4.69, 9.17) is 11.6 Å². The van der Waals surface area contributed by atoms with Crippen molar-refractivity contribution in [2.24, 2.45) is 0 Å². The first-order chi connectivity index (χ1) is 5.39. The van der Waals surface area contributed by atoms with Crippen LogP contribution >= 0.6 is 18.9 Å². The molecule has 2 heteroatoms. The van der Waals surface area contributed by atoms with Crippen LogP contribution in [0.5, 0.6) is 0 Å². The van der Waals surface area contributed by atoms with Gasteiger partial charge in [0.1, 0.15) is 5.62 Å². The molecule has 0 fully saturated rings. The molecule has 0 radical (unpaired) electrons. The normalized spacial score (nSPS) is 13.5. The lowest BCUT2D eigenvalue weighted by Crippen LogP contribution is -2.24. The fraction of sp³-hybridized carbons (Fsp3) is 1.00. The summed E-state index contributed by atoms with van der Waals surface area (Å²) in [5.74, 6) is 0. The van der Waals surface area contributed by atoms with Gasteiger partial charge in [-0.25, -0.2) is 0 Å². The number of alkyl halides is 1. The number of hydrogen-bond acceptors (Lipinski definition) is 0. The third-order valence-corrected chi connectivity index (χ3v) is 10.5. The molecule has 0 aliphatic rings.